The average Bonchev–Trinajstić information content (AvgIpc) is 3.76. The molecular weight excluding hydrogens is 574 g/mol. The molecule has 2 unspecified atom stereocenters. The molecule has 3 aromatic rings. The molecule has 2 aliphatic heterocycles. The zero-order chi connectivity index (χ0) is 28.5. The maximum absolute atomic E-state index is 13.2. The summed E-state index contributed by atoms with van der Waals surface area (Å²) in [6, 6.07) is 2.58. The highest BCUT2D eigenvalue weighted by molar-refractivity contribution is 8.00. The number of anilines is 1. The van der Waals surface area contributed by atoms with Gasteiger partial charge in [-0.1, -0.05) is 11.2 Å². The lowest BCUT2D eigenvalue weighted by atomic mass is 10.0. The standard InChI is InChI=1S/C23H21N11O5S2/c24-23-26-18(30-41-23)14(29-39-13-3-1-2-4-13)19(35)25-15-20(36)34-16(22(37)38)12(10-40-21(15)34)9-33-7-5-11(6-8-33)17-27-31-32-28-17/h1,3,5-8,13,15,21H,2,4,9-10H2,(H4,24,25,26,30,35,37,38)/p+1/t13?,15?,21-/m0/s1. The Balaban J connectivity index is 1.18. The number of thioether (sulfide) groups is 1. The van der Waals surface area contributed by atoms with E-state index in [1.165, 1.54) is 16.7 Å². The molecule has 0 saturated carbocycles. The maximum Gasteiger partial charge on any atom is 0.352 e. The minimum Gasteiger partial charge on any atom is -0.477 e. The summed E-state index contributed by atoms with van der Waals surface area (Å²) in [6.45, 7) is 0.245. The number of nitrogens with two attached hydrogens (primary N) is 1. The second kappa shape index (κ2) is 11.0. The summed E-state index contributed by atoms with van der Waals surface area (Å²) in [6.07, 6.45) is 8.57. The Hall–Kier alpha value is -4.71. The molecule has 5 N–H and O–H groups in total. The number of nitrogens with zero attached hydrogens (tertiary/aromatic N) is 8. The van der Waals surface area contributed by atoms with Gasteiger partial charge in [-0.25, -0.2) is 9.36 Å². The number of carbonyl (C=O) groups is 3. The van der Waals surface area contributed by atoms with Gasteiger partial charge in [0.25, 0.3) is 11.8 Å². The van der Waals surface area contributed by atoms with Gasteiger partial charge < -0.3 is 21.0 Å². The number of aliphatic carboxylic acids is 1. The molecule has 41 heavy (non-hydrogen) atoms. The highest BCUT2D eigenvalue weighted by Crippen LogP contribution is 2.40. The fraction of sp³-hybridized carbons (Fsp3) is 0.304. The molecule has 210 valence electrons. The third kappa shape index (κ3) is 5.25. The minimum atomic E-state index is -1.23. The van der Waals surface area contributed by atoms with E-state index in [0.717, 1.165) is 23.5 Å². The highest BCUT2D eigenvalue weighted by atomic mass is 32.2. The monoisotopic (exact) mass is 596 g/mol. The van der Waals surface area contributed by atoms with Gasteiger partial charge in [-0.3, -0.25) is 14.5 Å². The van der Waals surface area contributed by atoms with Crippen molar-refractivity contribution in [1.29, 1.82) is 0 Å². The van der Waals surface area contributed by atoms with E-state index >= 15 is 0 Å². The smallest absolute Gasteiger partial charge is 0.352 e. The van der Waals surface area contributed by atoms with Crippen LogP contribution in [0.5, 0.6) is 0 Å². The van der Waals surface area contributed by atoms with Crippen LogP contribution in [0.15, 0.2) is 53.1 Å². The number of hydrogen-bond donors (Lipinski definition) is 4. The Kier molecular flexibility index (Phi) is 7.14. The number of carboxylic acids is 1. The number of nitrogens with one attached hydrogen (secondary N) is 2. The predicted octanol–water partition coefficient (Wildman–Crippen LogP) is -0.534. The quantitative estimate of drug-likeness (QED) is 0.0805. The highest BCUT2D eigenvalue weighted by Gasteiger charge is 2.55. The lowest BCUT2D eigenvalue weighted by Gasteiger charge is -2.49. The SMILES string of the molecule is Nc1nc(C(=NOC2C=CCC2)C(=O)NC2C(=O)N3C(C(=O)O)=C(C[n+]4ccc(-c5nn[nH]n5)cc4)CS[C@@H]23)ns1. The van der Waals surface area contributed by atoms with E-state index in [-0.39, 0.29) is 35.0 Å². The third-order valence-corrected chi connectivity index (χ3v) is 8.40. The average molecular weight is 597 g/mol. The van der Waals surface area contributed by atoms with E-state index in [9.17, 15) is 19.5 Å². The van der Waals surface area contributed by atoms with E-state index in [4.69, 9.17) is 10.6 Å². The molecule has 3 aliphatic rings. The van der Waals surface area contributed by atoms with Crippen molar-refractivity contribution in [2.24, 2.45) is 5.16 Å². The summed E-state index contributed by atoms with van der Waals surface area (Å²) in [4.78, 5) is 49.4. The van der Waals surface area contributed by atoms with Gasteiger partial charge in [-0.2, -0.15) is 14.6 Å². The number of amides is 2. The van der Waals surface area contributed by atoms with Crippen molar-refractivity contribution in [3.05, 3.63) is 53.8 Å². The lowest BCUT2D eigenvalue weighted by Crippen LogP contribution is -2.71. The fourth-order valence-corrected chi connectivity index (χ4v) is 6.33. The normalized spacial score (nSPS) is 22.0. The van der Waals surface area contributed by atoms with Crippen molar-refractivity contribution in [1.82, 2.24) is 40.2 Å². The van der Waals surface area contributed by atoms with E-state index < -0.39 is 29.2 Å². The number of carboxylic acid groups (broad SMARTS) is 1. The van der Waals surface area contributed by atoms with Gasteiger partial charge in [0, 0.05) is 40.6 Å². The summed E-state index contributed by atoms with van der Waals surface area (Å²) in [5.74, 6) is -1.76. The van der Waals surface area contributed by atoms with Crippen LogP contribution in [0.3, 0.4) is 0 Å². The van der Waals surface area contributed by atoms with Gasteiger partial charge in [0.1, 0.15) is 23.2 Å². The molecule has 0 bridgehead atoms. The molecule has 3 aromatic heterocycles. The Labute approximate surface area is 239 Å². The molecule has 1 aliphatic carbocycles. The van der Waals surface area contributed by atoms with Crippen LogP contribution in [0, 0.1) is 0 Å². The molecule has 18 heteroatoms. The van der Waals surface area contributed by atoms with Crippen molar-refractivity contribution in [2.75, 3.05) is 11.5 Å². The second-order valence-electron chi connectivity index (χ2n) is 9.16. The van der Waals surface area contributed by atoms with E-state index in [1.54, 1.807) is 29.1 Å². The van der Waals surface area contributed by atoms with Crippen LogP contribution in [-0.4, -0.2) is 86.8 Å². The molecule has 0 aromatic carbocycles. The number of H-pyrrole nitrogens is 1. The lowest BCUT2D eigenvalue weighted by molar-refractivity contribution is -0.689. The number of carbonyl (C=O) groups excluding carboxylic acids is 2. The molecular formula is C23H22N11O5S2+. The number of tetrazole rings is 1. The van der Waals surface area contributed by atoms with Gasteiger partial charge >= 0.3 is 5.97 Å². The zero-order valence-electron chi connectivity index (χ0n) is 21.1. The zero-order valence-corrected chi connectivity index (χ0v) is 22.7. The number of oxime groups is 1. The van der Waals surface area contributed by atoms with Gasteiger partial charge in [0.05, 0.1) is 0 Å². The number of rotatable bonds is 9. The first-order chi connectivity index (χ1) is 19.9. The molecule has 2 amide bonds. The summed E-state index contributed by atoms with van der Waals surface area (Å²) < 4.78 is 5.85. The summed E-state index contributed by atoms with van der Waals surface area (Å²) in [5, 5.41) is 30.0. The van der Waals surface area contributed by atoms with E-state index in [2.05, 4.69) is 40.5 Å². The fourth-order valence-electron chi connectivity index (χ4n) is 4.56. The Bertz CT molecular complexity index is 1590. The van der Waals surface area contributed by atoms with Crippen LogP contribution in [0.4, 0.5) is 5.13 Å². The Morgan fingerprint density at radius 2 is 2.17 bits per heavy atom. The van der Waals surface area contributed by atoms with Crippen LogP contribution >= 0.6 is 23.3 Å². The Morgan fingerprint density at radius 1 is 1.34 bits per heavy atom. The summed E-state index contributed by atoms with van der Waals surface area (Å²) in [5.41, 5.74) is 6.66. The molecule has 6 rings (SSSR count). The van der Waals surface area contributed by atoms with Crippen LogP contribution in [-0.2, 0) is 25.8 Å². The molecule has 3 atom stereocenters. The first kappa shape index (κ1) is 26.5. The molecule has 0 radical (unpaired) electrons. The van der Waals surface area contributed by atoms with Crippen molar-refractivity contribution in [3.8, 4) is 11.4 Å². The molecule has 16 nitrogen and oxygen atoms in total. The largest absolute Gasteiger partial charge is 0.477 e. The Morgan fingerprint density at radius 3 is 2.83 bits per heavy atom. The van der Waals surface area contributed by atoms with E-state index in [0.29, 0.717) is 23.6 Å². The third-order valence-electron chi connectivity index (χ3n) is 6.52. The second-order valence-corrected chi connectivity index (χ2v) is 11.0. The number of pyridine rings is 1. The minimum absolute atomic E-state index is 0.0253. The number of aromatic amines is 1. The van der Waals surface area contributed by atoms with Gasteiger partial charge in [-0.15, -0.1) is 22.0 Å². The number of nitrogen functional groups attached to an aromatic ring is 1. The molecule has 1 fully saturated rings. The topological polar surface area (TPSA) is 218 Å². The van der Waals surface area contributed by atoms with Gasteiger partial charge in [0.2, 0.25) is 17.4 Å². The van der Waals surface area contributed by atoms with Crippen molar-refractivity contribution < 1.29 is 28.9 Å². The molecule has 1 saturated heterocycles. The molecule has 0 spiro atoms. The van der Waals surface area contributed by atoms with Crippen LogP contribution < -0.4 is 15.6 Å². The van der Waals surface area contributed by atoms with Crippen molar-refractivity contribution >= 4 is 51.9 Å². The maximum atomic E-state index is 13.2. The number of hydrogen-bond acceptors (Lipinski definition) is 13. The van der Waals surface area contributed by atoms with Crippen molar-refractivity contribution in [2.45, 2.75) is 36.9 Å². The number of fused-ring (bicyclic) bond motifs is 1. The first-order valence-corrected chi connectivity index (χ1v) is 14.1. The van der Waals surface area contributed by atoms with Gasteiger partial charge in [-0.05, 0) is 24.1 Å². The van der Waals surface area contributed by atoms with Crippen molar-refractivity contribution in [3.63, 3.8) is 0 Å². The number of β-lactam (4-membered cyclic amide) rings is 1. The summed E-state index contributed by atoms with van der Waals surface area (Å²) >= 11 is 2.25. The number of aromatic nitrogens is 7. The first-order valence-electron chi connectivity index (χ1n) is 12.3. The van der Waals surface area contributed by atoms with Gasteiger partial charge in [0.15, 0.2) is 24.1 Å². The predicted molar refractivity (Wildman–Crippen MR) is 144 cm³/mol. The summed E-state index contributed by atoms with van der Waals surface area (Å²) in [7, 11) is 0. The van der Waals surface area contributed by atoms with Crippen LogP contribution in [0.2, 0.25) is 0 Å². The van der Waals surface area contributed by atoms with Crippen LogP contribution in [0.1, 0.15) is 18.7 Å². The van der Waals surface area contributed by atoms with Crippen LogP contribution in [0.25, 0.3) is 11.4 Å². The molecule has 5 heterocycles. The number of allylic oxidation sites excluding steroid dienone is 1. The van der Waals surface area contributed by atoms with E-state index in [1.807, 2.05) is 12.2 Å².